The summed E-state index contributed by atoms with van der Waals surface area (Å²) in [6.07, 6.45) is 0.800. The van der Waals surface area contributed by atoms with E-state index < -0.39 is 0 Å². The fourth-order valence-corrected chi connectivity index (χ4v) is 2.78. The molecular formula is C18H17BrN2O4. The fourth-order valence-electron chi connectivity index (χ4n) is 2.42. The zero-order valence-corrected chi connectivity index (χ0v) is 15.2. The molecule has 0 bridgehead atoms. The van der Waals surface area contributed by atoms with Crippen molar-refractivity contribution < 1.29 is 19.1 Å². The highest BCUT2D eigenvalue weighted by Gasteiger charge is 2.15. The lowest BCUT2D eigenvalue weighted by atomic mass is 10.1. The Labute approximate surface area is 153 Å². The van der Waals surface area contributed by atoms with Gasteiger partial charge in [0.05, 0.1) is 24.6 Å². The standard InChI is InChI=1S/C18H17BrN2O4/c1-11(22)20-14-5-4-13(19)10-15(14)21-18(23)12-3-6-16-17(9-12)25-8-2-7-24-16/h3-6,9-10H,2,7-8H2,1H3,(H,20,22)(H,21,23). The molecule has 0 spiro atoms. The number of ether oxygens (including phenoxy) is 2. The molecule has 6 nitrogen and oxygen atoms in total. The summed E-state index contributed by atoms with van der Waals surface area (Å²) in [5.74, 6) is 0.672. The van der Waals surface area contributed by atoms with Gasteiger partial charge >= 0.3 is 0 Å². The maximum Gasteiger partial charge on any atom is 0.255 e. The number of rotatable bonds is 3. The number of amides is 2. The number of hydrogen-bond donors (Lipinski definition) is 2. The van der Waals surface area contributed by atoms with E-state index in [1.54, 1.807) is 36.4 Å². The first-order valence-corrected chi connectivity index (χ1v) is 8.60. The Morgan fingerprint density at radius 2 is 1.72 bits per heavy atom. The van der Waals surface area contributed by atoms with Crippen LogP contribution in [0.1, 0.15) is 23.7 Å². The average molecular weight is 405 g/mol. The van der Waals surface area contributed by atoms with Crippen LogP contribution in [-0.2, 0) is 4.79 Å². The van der Waals surface area contributed by atoms with Crippen molar-refractivity contribution in [3.63, 3.8) is 0 Å². The summed E-state index contributed by atoms with van der Waals surface area (Å²) in [5.41, 5.74) is 1.47. The third-order valence-corrected chi connectivity index (χ3v) is 4.04. The van der Waals surface area contributed by atoms with Crippen molar-refractivity contribution in [1.29, 1.82) is 0 Å². The van der Waals surface area contributed by atoms with E-state index in [9.17, 15) is 9.59 Å². The van der Waals surface area contributed by atoms with Crippen LogP contribution in [0.25, 0.3) is 0 Å². The molecule has 0 saturated carbocycles. The van der Waals surface area contributed by atoms with Crippen molar-refractivity contribution in [3.05, 3.63) is 46.4 Å². The minimum atomic E-state index is -0.305. The van der Waals surface area contributed by atoms with E-state index in [0.29, 0.717) is 41.7 Å². The quantitative estimate of drug-likeness (QED) is 0.814. The van der Waals surface area contributed by atoms with E-state index in [1.807, 2.05) is 0 Å². The van der Waals surface area contributed by atoms with Crippen LogP contribution in [0.5, 0.6) is 11.5 Å². The van der Waals surface area contributed by atoms with Crippen molar-refractivity contribution in [2.75, 3.05) is 23.8 Å². The summed E-state index contributed by atoms with van der Waals surface area (Å²) >= 11 is 3.37. The average Bonchev–Trinajstić information content (AvgIpc) is 2.81. The van der Waals surface area contributed by atoms with Crippen molar-refractivity contribution in [2.24, 2.45) is 0 Å². The van der Waals surface area contributed by atoms with E-state index in [0.717, 1.165) is 10.9 Å². The van der Waals surface area contributed by atoms with Crippen molar-refractivity contribution in [2.45, 2.75) is 13.3 Å². The van der Waals surface area contributed by atoms with Gasteiger partial charge in [-0.1, -0.05) is 15.9 Å². The Morgan fingerprint density at radius 1 is 0.960 bits per heavy atom. The lowest BCUT2D eigenvalue weighted by molar-refractivity contribution is -0.114. The van der Waals surface area contributed by atoms with Crippen LogP contribution in [0, 0.1) is 0 Å². The fraction of sp³-hybridized carbons (Fsp3) is 0.222. The number of benzene rings is 2. The molecule has 0 atom stereocenters. The van der Waals surface area contributed by atoms with Gasteiger partial charge in [-0.2, -0.15) is 0 Å². The second kappa shape index (κ2) is 7.57. The molecule has 0 radical (unpaired) electrons. The van der Waals surface area contributed by atoms with Gasteiger partial charge in [0.2, 0.25) is 5.91 Å². The molecule has 1 aliphatic heterocycles. The zero-order valence-electron chi connectivity index (χ0n) is 13.6. The van der Waals surface area contributed by atoms with Gasteiger partial charge in [0.1, 0.15) is 0 Å². The topological polar surface area (TPSA) is 76.7 Å². The highest BCUT2D eigenvalue weighted by atomic mass is 79.9. The number of hydrogen-bond acceptors (Lipinski definition) is 4. The Balaban J connectivity index is 1.84. The highest BCUT2D eigenvalue weighted by Crippen LogP contribution is 2.31. The highest BCUT2D eigenvalue weighted by molar-refractivity contribution is 9.10. The van der Waals surface area contributed by atoms with Gasteiger partial charge in [0.25, 0.3) is 5.91 Å². The molecule has 2 aromatic rings. The number of anilines is 2. The Morgan fingerprint density at radius 3 is 2.48 bits per heavy atom. The summed E-state index contributed by atoms with van der Waals surface area (Å²) in [7, 11) is 0. The minimum absolute atomic E-state index is 0.214. The van der Waals surface area contributed by atoms with Crippen LogP contribution < -0.4 is 20.1 Å². The van der Waals surface area contributed by atoms with Crippen LogP contribution in [0.3, 0.4) is 0 Å². The molecule has 1 aliphatic rings. The first-order chi connectivity index (χ1) is 12.0. The van der Waals surface area contributed by atoms with Crippen LogP contribution in [0.15, 0.2) is 40.9 Å². The van der Waals surface area contributed by atoms with E-state index in [-0.39, 0.29) is 11.8 Å². The molecule has 0 aromatic heterocycles. The molecule has 130 valence electrons. The lowest BCUT2D eigenvalue weighted by Crippen LogP contribution is -2.15. The smallest absolute Gasteiger partial charge is 0.255 e. The van der Waals surface area contributed by atoms with E-state index in [4.69, 9.17) is 9.47 Å². The monoisotopic (exact) mass is 404 g/mol. The summed E-state index contributed by atoms with van der Waals surface area (Å²) in [5, 5.41) is 5.51. The molecule has 1 heterocycles. The number of fused-ring (bicyclic) bond motifs is 1. The molecule has 2 aromatic carbocycles. The molecular weight excluding hydrogens is 388 g/mol. The SMILES string of the molecule is CC(=O)Nc1ccc(Br)cc1NC(=O)c1ccc2c(c1)OCCCO2. The van der Waals surface area contributed by atoms with Crippen molar-refractivity contribution >= 4 is 39.1 Å². The molecule has 0 unspecified atom stereocenters. The maximum atomic E-state index is 12.6. The number of carbonyl (C=O) groups excluding carboxylic acids is 2. The van der Waals surface area contributed by atoms with Gasteiger partial charge in [-0.05, 0) is 36.4 Å². The van der Waals surface area contributed by atoms with Gasteiger partial charge in [-0.25, -0.2) is 0 Å². The van der Waals surface area contributed by atoms with E-state index in [1.165, 1.54) is 6.92 Å². The third-order valence-electron chi connectivity index (χ3n) is 3.55. The Kier molecular flexibility index (Phi) is 5.23. The lowest BCUT2D eigenvalue weighted by Gasteiger charge is -2.13. The van der Waals surface area contributed by atoms with Crippen LogP contribution in [0.2, 0.25) is 0 Å². The second-order valence-corrected chi connectivity index (χ2v) is 6.45. The van der Waals surface area contributed by atoms with Gasteiger partial charge in [0.15, 0.2) is 11.5 Å². The van der Waals surface area contributed by atoms with Crippen molar-refractivity contribution in [1.82, 2.24) is 0 Å². The van der Waals surface area contributed by atoms with Crippen LogP contribution >= 0.6 is 15.9 Å². The predicted octanol–water partition coefficient (Wildman–Crippen LogP) is 3.82. The molecule has 0 saturated heterocycles. The molecule has 0 aliphatic carbocycles. The second-order valence-electron chi connectivity index (χ2n) is 5.54. The summed E-state index contributed by atoms with van der Waals surface area (Å²) in [6.45, 7) is 2.56. The molecule has 3 rings (SSSR count). The third kappa shape index (κ3) is 4.30. The molecule has 2 amide bonds. The number of nitrogens with one attached hydrogen (secondary N) is 2. The Bertz CT molecular complexity index is 823. The van der Waals surface area contributed by atoms with E-state index in [2.05, 4.69) is 26.6 Å². The normalized spacial score (nSPS) is 12.9. The van der Waals surface area contributed by atoms with Crippen molar-refractivity contribution in [3.8, 4) is 11.5 Å². The van der Waals surface area contributed by atoms with Gasteiger partial charge in [-0.3, -0.25) is 9.59 Å². The van der Waals surface area contributed by atoms with Crippen LogP contribution in [-0.4, -0.2) is 25.0 Å². The summed E-state index contributed by atoms with van der Waals surface area (Å²) in [6, 6.07) is 10.3. The van der Waals surface area contributed by atoms with E-state index >= 15 is 0 Å². The van der Waals surface area contributed by atoms with Crippen LogP contribution in [0.4, 0.5) is 11.4 Å². The van der Waals surface area contributed by atoms with Gasteiger partial charge in [-0.15, -0.1) is 0 Å². The molecule has 2 N–H and O–H groups in total. The molecule has 0 fully saturated rings. The summed E-state index contributed by atoms with van der Waals surface area (Å²) < 4.78 is 12.0. The van der Waals surface area contributed by atoms with Gasteiger partial charge < -0.3 is 20.1 Å². The maximum absolute atomic E-state index is 12.6. The number of carbonyl (C=O) groups is 2. The molecule has 7 heteroatoms. The largest absolute Gasteiger partial charge is 0.490 e. The summed E-state index contributed by atoms with van der Waals surface area (Å²) in [4.78, 5) is 23.9. The number of halogens is 1. The molecule has 25 heavy (non-hydrogen) atoms. The van der Waals surface area contributed by atoms with Gasteiger partial charge in [0, 0.05) is 23.4 Å². The minimum Gasteiger partial charge on any atom is -0.490 e. The zero-order chi connectivity index (χ0) is 17.8. The predicted molar refractivity (Wildman–Crippen MR) is 98.4 cm³/mol. The first-order valence-electron chi connectivity index (χ1n) is 7.81. The first kappa shape index (κ1) is 17.3. The Hall–Kier alpha value is -2.54.